The number of carbonyl (C=O) groups excluding carboxylic acids is 1. The Morgan fingerprint density at radius 2 is 2.00 bits per heavy atom. The Morgan fingerprint density at radius 1 is 1.22 bits per heavy atom. The number of hydrogen-bond donors (Lipinski definition) is 3. The Bertz CT molecular complexity index is 1030. The van der Waals surface area contributed by atoms with Crippen LogP contribution in [0.25, 0.3) is 11.0 Å². The summed E-state index contributed by atoms with van der Waals surface area (Å²) in [6, 6.07) is 2.36. The molecule has 3 N–H and O–H groups in total. The number of aromatic amines is 1. The molecule has 27 heavy (non-hydrogen) atoms. The van der Waals surface area contributed by atoms with Gasteiger partial charge in [-0.15, -0.1) is 0 Å². The fourth-order valence-corrected chi connectivity index (χ4v) is 2.99. The first kappa shape index (κ1) is 17.1. The van der Waals surface area contributed by atoms with Crippen molar-refractivity contribution < 1.29 is 18.0 Å². The summed E-state index contributed by atoms with van der Waals surface area (Å²) in [5, 5.41) is 5.66. The van der Waals surface area contributed by atoms with Crippen molar-refractivity contribution in [1.29, 1.82) is 0 Å². The zero-order valence-corrected chi connectivity index (χ0v) is 14.2. The van der Waals surface area contributed by atoms with Gasteiger partial charge in [0.1, 0.15) is 17.3 Å². The molecule has 0 aromatic carbocycles. The minimum atomic E-state index is -2.68. The van der Waals surface area contributed by atoms with E-state index in [-0.39, 0.29) is 13.1 Å². The first-order valence-corrected chi connectivity index (χ1v) is 8.11. The molecule has 0 aliphatic carbocycles. The molecule has 2 amide bonds. The van der Waals surface area contributed by atoms with E-state index in [0.29, 0.717) is 33.8 Å². The number of alkyl halides is 2. The van der Waals surface area contributed by atoms with Gasteiger partial charge in [-0.3, -0.25) is 0 Å². The topological polar surface area (TPSA) is 85.9 Å². The van der Waals surface area contributed by atoms with E-state index in [0.717, 1.165) is 6.20 Å². The van der Waals surface area contributed by atoms with Crippen LogP contribution in [0.4, 0.5) is 35.2 Å². The van der Waals surface area contributed by atoms with Crippen LogP contribution >= 0.6 is 0 Å². The van der Waals surface area contributed by atoms with Gasteiger partial charge in [0.05, 0.1) is 36.9 Å². The lowest BCUT2D eigenvalue weighted by atomic mass is 10.1. The molecule has 3 aromatic rings. The van der Waals surface area contributed by atoms with Crippen molar-refractivity contribution in [2.75, 3.05) is 28.6 Å². The number of nitrogens with one attached hydrogen (secondary N) is 3. The third-order valence-corrected chi connectivity index (χ3v) is 4.20. The molecule has 0 unspecified atom stereocenters. The molecule has 1 aliphatic heterocycles. The molecule has 140 valence electrons. The molecule has 0 bridgehead atoms. The number of fused-ring (bicyclic) bond motifs is 1. The monoisotopic (exact) mass is 376 g/mol. The Balaban J connectivity index is 1.45. The van der Waals surface area contributed by atoms with Gasteiger partial charge in [-0.1, -0.05) is 0 Å². The molecule has 0 atom stereocenters. The predicted octanol–water partition coefficient (Wildman–Crippen LogP) is 3.50. The smallest absolute Gasteiger partial charge is 0.323 e. The van der Waals surface area contributed by atoms with Crippen LogP contribution in [-0.4, -0.2) is 40.0 Å². The highest BCUT2D eigenvalue weighted by molar-refractivity contribution is 6.05. The van der Waals surface area contributed by atoms with Crippen LogP contribution in [0.1, 0.15) is 5.56 Å². The second kappa shape index (κ2) is 6.15. The number of pyridine rings is 2. The summed E-state index contributed by atoms with van der Waals surface area (Å²) in [6.07, 6.45) is 3.98. The standard InChI is InChI=1S/C17H15F3N6O/c1-9-2-11(5-23-15(9)26-7-17(19,20)8-26)24-16(27)25-13-6-22-14-12(13)3-10(18)4-21-14/h2-6H,7-8H2,1H3,(H,21,22)(H2,24,25,27). The van der Waals surface area contributed by atoms with E-state index in [1.54, 1.807) is 13.0 Å². The van der Waals surface area contributed by atoms with Crippen LogP contribution in [0.15, 0.2) is 30.7 Å². The lowest BCUT2D eigenvalue weighted by Gasteiger charge is -2.40. The number of carbonyl (C=O) groups is 1. The van der Waals surface area contributed by atoms with E-state index >= 15 is 0 Å². The molecule has 0 radical (unpaired) electrons. The molecule has 0 saturated carbocycles. The lowest BCUT2D eigenvalue weighted by Crippen LogP contribution is -2.56. The summed E-state index contributed by atoms with van der Waals surface area (Å²) < 4.78 is 39.4. The summed E-state index contributed by atoms with van der Waals surface area (Å²) in [4.78, 5) is 24.6. The van der Waals surface area contributed by atoms with E-state index in [1.165, 1.54) is 23.4 Å². The van der Waals surface area contributed by atoms with Gasteiger partial charge in [-0.2, -0.15) is 0 Å². The first-order chi connectivity index (χ1) is 12.8. The minimum absolute atomic E-state index is 0.362. The molecular formula is C17H15F3N6O. The summed E-state index contributed by atoms with van der Waals surface area (Å²) in [6.45, 7) is 1.01. The van der Waals surface area contributed by atoms with E-state index in [9.17, 15) is 18.0 Å². The Morgan fingerprint density at radius 3 is 2.70 bits per heavy atom. The highest BCUT2D eigenvalue weighted by atomic mass is 19.3. The van der Waals surface area contributed by atoms with Gasteiger partial charge in [-0.25, -0.2) is 27.9 Å². The number of aromatic nitrogens is 3. The van der Waals surface area contributed by atoms with Crippen molar-refractivity contribution in [2.45, 2.75) is 12.8 Å². The Kier molecular flexibility index (Phi) is 3.90. The third kappa shape index (κ3) is 3.37. The summed E-state index contributed by atoms with van der Waals surface area (Å²) in [7, 11) is 0. The van der Waals surface area contributed by atoms with E-state index in [1.807, 2.05) is 0 Å². The molecule has 1 fully saturated rings. The molecule has 1 saturated heterocycles. The molecule has 0 spiro atoms. The van der Waals surface area contributed by atoms with Gasteiger partial charge in [0.15, 0.2) is 0 Å². The number of urea groups is 1. The first-order valence-electron chi connectivity index (χ1n) is 8.11. The maximum absolute atomic E-state index is 13.3. The zero-order valence-electron chi connectivity index (χ0n) is 14.2. The van der Waals surface area contributed by atoms with Crippen LogP contribution in [0.3, 0.4) is 0 Å². The number of rotatable bonds is 3. The van der Waals surface area contributed by atoms with Gasteiger partial charge in [0.2, 0.25) is 0 Å². The second-order valence-electron chi connectivity index (χ2n) is 6.41. The fraction of sp³-hybridized carbons (Fsp3) is 0.235. The van der Waals surface area contributed by atoms with Crippen LogP contribution in [-0.2, 0) is 0 Å². The van der Waals surface area contributed by atoms with E-state index < -0.39 is 17.8 Å². The van der Waals surface area contributed by atoms with Gasteiger partial charge >= 0.3 is 6.03 Å². The van der Waals surface area contributed by atoms with Crippen molar-refractivity contribution in [3.8, 4) is 0 Å². The Hall–Kier alpha value is -3.30. The summed E-state index contributed by atoms with van der Waals surface area (Å²) >= 11 is 0. The van der Waals surface area contributed by atoms with Crippen molar-refractivity contribution in [2.24, 2.45) is 0 Å². The van der Waals surface area contributed by atoms with Crippen LogP contribution in [0.5, 0.6) is 0 Å². The number of amides is 2. The third-order valence-electron chi connectivity index (χ3n) is 4.20. The highest BCUT2D eigenvalue weighted by Gasteiger charge is 2.44. The molecule has 3 aromatic heterocycles. The average Bonchev–Trinajstić information content (AvgIpc) is 2.95. The molecule has 4 rings (SSSR count). The zero-order chi connectivity index (χ0) is 19.2. The van der Waals surface area contributed by atoms with E-state index in [4.69, 9.17) is 0 Å². The molecule has 10 heteroatoms. The maximum Gasteiger partial charge on any atom is 0.323 e. The summed E-state index contributed by atoms with van der Waals surface area (Å²) in [5.41, 5.74) is 1.89. The second-order valence-corrected chi connectivity index (χ2v) is 6.41. The predicted molar refractivity (Wildman–Crippen MR) is 94.8 cm³/mol. The van der Waals surface area contributed by atoms with Crippen LogP contribution < -0.4 is 15.5 Å². The molecule has 4 heterocycles. The van der Waals surface area contributed by atoms with Gasteiger partial charge in [0, 0.05) is 11.6 Å². The average molecular weight is 376 g/mol. The number of halogens is 3. The number of H-pyrrole nitrogens is 1. The number of anilines is 3. The Labute approximate surface area is 151 Å². The minimum Gasteiger partial charge on any atom is -0.344 e. The highest BCUT2D eigenvalue weighted by Crippen LogP contribution is 2.33. The SMILES string of the molecule is Cc1cc(NC(=O)Nc2c[nH]c3ncc(F)cc23)cnc1N1CC(F)(F)C1. The van der Waals surface area contributed by atoms with Gasteiger partial charge in [-0.05, 0) is 24.6 Å². The molecule has 1 aliphatic rings. The van der Waals surface area contributed by atoms with Gasteiger partial charge < -0.3 is 20.5 Å². The normalized spacial score (nSPS) is 15.5. The summed E-state index contributed by atoms with van der Waals surface area (Å²) in [5.74, 6) is -2.74. The number of hydrogen-bond acceptors (Lipinski definition) is 4. The fourth-order valence-electron chi connectivity index (χ4n) is 2.99. The quantitative estimate of drug-likeness (QED) is 0.653. The van der Waals surface area contributed by atoms with E-state index in [2.05, 4.69) is 25.6 Å². The molecular weight excluding hydrogens is 361 g/mol. The van der Waals surface area contributed by atoms with Crippen molar-refractivity contribution in [3.63, 3.8) is 0 Å². The van der Waals surface area contributed by atoms with Gasteiger partial charge in [0.25, 0.3) is 5.92 Å². The van der Waals surface area contributed by atoms with Crippen molar-refractivity contribution in [3.05, 3.63) is 42.1 Å². The van der Waals surface area contributed by atoms with Crippen LogP contribution in [0.2, 0.25) is 0 Å². The van der Waals surface area contributed by atoms with Crippen molar-refractivity contribution >= 4 is 34.3 Å². The molecule has 7 nitrogen and oxygen atoms in total. The number of aryl methyl sites for hydroxylation is 1. The maximum atomic E-state index is 13.3. The number of nitrogens with zero attached hydrogens (tertiary/aromatic N) is 3. The lowest BCUT2D eigenvalue weighted by molar-refractivity contribution is -0.0267. The van der Waals surface area contributed by atoms with Crippen molar-refractivity contribution in [1.82, 2.24) is 15.0 Å². The largest absolute Gasteiger partial charge is 0.344 e. The van der Waals surface area contributed by atoms with Crippen LogP contribution in [0, 0.1) is 12.7 Å².